The maximum Gasteiger partial charge on any atom is 0.328 e. The van der Waals surface area contributed by atoms with E-state index < -0.39 is 71.3 Å². The summed E-state index contributed by atoms with van der Waals surface area (Å²) < 4.78 is 5.26. The molecule has 0 bridgehead atoms. The Morgan fingerprint density at radius 1 is 0.887 bits per heavy atom. The highest BCUT2D eigenvalue weighted by Crippen LogP contribution is 2.24. The Hall–Kier alpha value is -5.23. The van der Waals surface area contributed by atoms with Crippen LogP contribution in [0.1, 0.15) is 105 Å². The molecular weight excluding hydrogens is 795 g/mol. The van der Waals surface area contributed by atoms with Crippen molar-refractivity contribution in [3.63, 3.8) is 0 Å². The molecule has 1 aliphatic heterocycles. The SMILES string of the molecule is CCOC(=O)[C@H](CC(C)C)NC(=O)[C@H](CC(C)(C)C)NC(=O)[C@H](Cc1c[nH]c2ccccc12)NC(=O)[C@@H]1CCCN1C(=O)[C@H](CCCCN)NC(=O)[C@H](CCCN=C(N)N)NC. The summed E-state index contributed by atoms with van der Waals surface area (Å²) in [5.74, 6) is -2.99. The average molecular weight is 868 g/mol. The number of likely N-dealkylation sites (tertiary alicyclic amines) is 1. The summed E-state index contributed by atoms with van der Waals surface area (Å²) >= 11 is 0. The highest BCUT2D eigenvalue weighted by Gasteiger charge is 2.40. The number of unbranched alkanes of at least 4 members (excludes halogenated alkanes) is 1. The van der Waals surface area contributed by atoms with Gasteiger partial charge in [0, 0.05) is 36.6 Å². The molecule has 12 N–H and O–H groups in total. The maximum atomic E-state index is 14.5. The molecule has 2 heterocycles. The number of guanidine groups is 1. The van der Waals surface area contributed by atoms with E-state index in [4.69, 9.17) is 21.9 Å². The molecule has 1 aromatic heterocycles. The van der Waals surface area contributed by atoms with Crippen molar-refractivity contribution >= 4 is 52.4 Å². The van der Waals surface area contributed by atoms with Crippen LogP contribution in [-0.4, -0.2) is 121 Å². The molecule has 0 spiro atoms. The number of carbonyl (C=O) groups is 6. The number of hydrogen-bond donors (Lipinski definition) is 9. The molecule has 0 aliphatic carbocycles. The Balaban J connectivity index is 1.91. The van der Waals surface area contributed by atoms with Crippen LogP contribution in [0.3, 0.4) is 0 Å². The third-order valence-electron chi connectivity index (χ3n) is 10.8. The van der Waals surface area contributed by atoms with Crippen LogP contribution in [0, 0.1) is 11.3 Å². The lowest BCUT2D eigenvalue weighted by Gasteiger charge is -2.31. The molecule has 18 heteroatoms. The molecule has 62 heavy (non-hydrogen) atoms. The predicted octanol–water partition coefficient (Wildman–Crippen LogP) is 1.46. The van der Waals surface area contributed by atoms with Gasteiger partial charge in [0.2, 0.25) is 29.5 Å². The van der Waals surface area contributed by atoms with Crippen molar-refractivity contribution in [1.82, 2.24) is 36.5 Å². The fourth-order valence-corrected chi connectivity index (χ4v) is 7.73. The second-order valence-corrected chi connectivity index (χ2v) is 17.7. The Kier molecular flexibility index (Phi) is 20.6. The topological polar surface area (TPSA) is 281 Å². The lowest BCUT2D eigenvalue weighted by Crippen LogP contribution is -2.59. The summed E-state index contributed by atoms with van der Waals surface area (Å²) in [6.07, 6.45) is 5.75. The van der Waals surface area contributed by atoms with Crippen molar-refractivity contribution in [3.05, 3.63) is 36.0 Å². The number of rotatable bonds is 25. The molecule has 2 aromatic rings. The minimum Gasteiger partial charge on any atom is -0.464 e. The van der Waals surface area contributed by atoms with Crippen LogP contribution in [-0.2, 0) is 39.9 Å². The minimum absolute atomic E-state index is 0.0368. The Bertz CT molecular complexity index is 1820. The first kappa shape index (κ1) is 51.1. The summed E-state index contributed by atoms with van der Waals surface area (Å²) in [7, 11) is 1.66. The van der Waals surface area contributed by atoms with E-state index in [1.54, 1.807) is 20.2 Å². The number of benzene rings is 1. The lowest BCUT2D eigenvalue weighted by molar-refractivity contribution is -0.148. The number of aromatic amines is 1. The molecule has 1 fully saturated rings. The molecule has 3 rings (SSSR count). The van der Waals surface area contributed by atoms with Gasteiger partial charge in [-0.1, -0.05) is 52.8 Å². The van der Waals surface area contributed by atoms with Crippen LogP contribution in [0.15, 0.2) is 35.5 Å². The number of para-hydroxylation sites is 1. The van der Waals surface area contributed by atoms with Gasteiger partial charge in [0.15, 0.2) is 5.96 Å². The third kappa shape index (κ3) is 16.2. The number of aromatic nitrogens is 1. The summed E-state index contributed by atoms with van der Waals surface area (Å²) in [6.45, 7) is 12.5. The van der Waals surface area contributed by atoms with Gasteiger partial charge >= 0.3 is 5.97 Å². The summed E-state index contributed by atoms with van der Waals surface area (Å²) in [4.78, 5) is 92.3. The zero-order chi connectivity index (χ0) is 46.0. The number of nitrogens with one attached hydrogen (secondary N) is 6. The number of likely N-dealkylation sites (N-methyl/N-ethyl adjacent to an activating group) is 1. The molecule has 5 amide bonds. The van der Waals surface area contributed by atoms with Crippen molar-refractivity contribution in [2.75, 3.05) is 33.3 Å². The quantitative estimate of drug-likeness (QED) is 0.0298. The number of nitrogens with zero attached hydrogens (tertiary/aromatic N) is 2. The smallest absolute Gasteiger partial charge is 0.328 e. The third-order valence-corrected chi connectivity index (χ3v) is 10.8. The second kappa shape index (κ2) is 25.0. The Morgan fingerprint density at radius 3 is 2.18 bits per heavy atom. The van der Waals surface area contributed by atoms with E-state index in [0.717, 1.165) is 16.5 Å². The maximum absolute atomic E-state index is 14.5. The Labute approximate surface area is 366 Å². The fraction of sp³-hybridized carbons (Fsp3) is 0.659. The molecule has 0 saturated carbocycles. The standard InChI is InChI=1S/C44H73N11O7/c1-8-62-42(61)34(23-27(2)3)53-39(58)35(25-44(4,5)6)54-38(57)33(24-28-26-50-30-16-10-9-15-29(28)30)52-40(59)36-19-14-22-55(36)41(60)32(17-11-12-20-45)51-37(56)31(48-7)18-13-21-49-43(46)47/h9-10,15-16,26-27,31-36,48,50H,8,11-14,17-25,45H2,1-7H3,(H,51,56)(H,52,59)(H,53,58)(H,54,57)(H4,46,47,49)/t31-,32-,33-,34-,35-,36-/m0/s1. The average Bonchev–Trinajstić information content (AvgIpc) is 3.87. The monoisotopic (exact) mass is 868 g/mol. The molecule has 1 aromatic carbocycles. The van der Waals surface area contributed by atoms with E-state index in [0.29, 0.717) is 64.5 Å². The summed E-state index contributed by atoms with van der Waals surface area (Å²) in [5.41, 5.74) is 17.8. The van der Waals surface area contributed by atoms with Crippen molar-refractivity contribution in [1.29, 1.82) is 0 Å². The largest absolute Gasteiger partial charge is 0.464 e. The number of nitrogens with two attached hydrogens (primary N) is 3. The number of fused-ring (bicyclic) bond motifs is 1. The van der Waals surface area contributed by atoms with Gasteiger partial charge in [0.1, 0.15) is 30.2 Å². The number of esters is 1. The first-order valence-electron chi connectivity index (χ1n) is 22.0. The number of amides is 5. The van der Waals surface area contributed by atoms with Crippen molar-refractivity contribution in [2.24, 2.45) is 33.5 Å². The van der Waals surface area contributed by atoms with Gasteiger partial charge in [-0.15, -0.1) is 0 Å². The van der Waals surface area contributed by atoms with Crippen LogP contribution < -0.4 is 43.8 Å². The molecule has 0 unspecified atom stereocenters. The molecule has 1 aliphatic rings. The van der Waals surface area contributed by atoms with Crippen LogP contribution >= 0.6 is 0 Å². The van der Waals surface area contributed by atoms with Crippen LogP contribution in [0.4, 0.5) is 0 Å². The van der Waals surface area contributed by atoms with Crippen LogP contribution in [0.25, 0.3) is 10.9 Å². The zero-order valence-electron chi connectivity index (χ0n) is 37.8. The molecule has 346 valence electrons. The Morgan fingerprint density at radius 2 is 1.53 bits per heavy atom. The van der Waals surface area contributed by atoms with Crippen molar-refractivity contribution in [3.8, 4) is 0 Å². The van der Waals surface area contributed by atoms with E-state index >= 15 is 0 Å². The van der Waals surface area contributed by atoms with Gasteiger partial charge in [-0.2, -0.15) is 0 Å². The minimum atomic E-state index is -1.17. The van der Waals surface area contributed by atoms with E-state index in [9.17, 15) is 28.8 Å². The highest BCUT2D eigenvalue weighted by molar-refractivity contribution is 5.97. The van der Waals surface area contributed by atoms with Gasteiger partial charge < -0.3 is 58.4 Å². The van der Waals surface area contributed by atoms with E-state index in [2.05, 4.69) is 36.6 Å². The molecule has 0 radical (unpaired) electrons. The lowest BCUT2D eigenvalue weighted by atomic mass is 9.87. The predicted molar refractivity (Wildman–Crippen MR) is 240 cm³/mol. The van der Waals surface area contributed by atoms with E-state index in [1.165, 1.54) is 4.90 Å². The summed E-state index contributed by atoms with van der Waals surface area (Å²) in [5, 5.41) is 15.5. The van der Waals surface area contributed by atoms with Gasteiger partial charge in [0.25, 0.3) is 0 Å². The van der Waals surface area contributed by atoms with Gasteiger partial charge in [0.05, 0.1) is 12.6 Å². The second-order valence-electron chi connectivity index (χ2n) is 17.7. The number of hydrogen-bond acceptors (Lipinski definition) is 10. The highest BCUT2D eigenvalue weighted by atomic mass is 16.5. The molecule has 6 atom stereocenters. The fourth-order valence-electron chi connectivity index (χ4n) is 7.73. The first-order chi connectivity index (χ1) is 29.4. The van der Waals surface area contributed by atoms with Crippen molar-refractivity contribution < 1.29 is 33.5 Å². The summed E-state index contributed by atoms with van der Waals surface area (Å²) in [6, 6.07) is 1.97. The van der Waals surface area contributed by atoms with Crippen LogP contribution in [0.2, 0.25) is 0 Å². The number of carbonyl (C=O) groups excluding carboxylic acids is 6. The molecule has 1 saturated heterocycles. The molecular formula is C44H73N11O7. The normalized spacial score (nSPS) is 16.5. The number of H-pyrrole nitrogens is 1. The van der Waals surface area contributed by atoms with E-state index in [-0.39, 0.29) is 43.8 Å². The molecule has 18 nitrogen and oxygen atoms in total. The zero-order valence-corrected chi connectivity index (χ0v) is 37.8. The van der Waals surface area contributed by atoms with Crippen LogP contribution in [0.5, 0.6) is 0 Å². The van der Waals surface area contributed by atoms with Gasteiger partial charge in [-0.3, -0.25) is 29.0 Å². The number of aliphatic imine (C=N–C) groups is 1. The first-order valence-corrected chi connectivity index (χ1v) is 22.0. The van der Waals surface area contributed by atoms with Gasteiger partial charge in [-0.25, -0.2) is 4.79 Å². The van der Waals surface area contributed by atoms with E-state index in [1.807, 2.05) is 58.9 Å². The van der Waals surface area contributed by atoms with Gasteiger partial charge in [-0.05, 0) is 101 Å². The number of ether oxygens (including phenoxy) is 1. The van der Waals surface area contributed by atoms with Crippen molar-refractivity contribution in [2.45, 2.75) is 142 Å².